The van der Waals surface area contributed by atoms with E-state index in [9.17, 15) is 0 Å². The van der Waals surface area contributed by atoms with Gasteiger partial charge in [0.25, 0.3) is 0 Å². The zero-order valence-corrected chi connectivity index (χ0v) is 7.78. The number of fused-ring (bicyclic) bond motifs is 1. The molecule has 0 aliphatic carbocycles. The molecule has 0 saturated heterocycles. The lowest BCUT2D eigenvalue weighted by molar-refractivity contribution is 1.52. The van der Waals surface area contributed by atoms with Crippen molar-refractivity contribution < 1.29 is 0 Å². The van der Waals surface area contributed by atoms with Crippen LogP contribution in [0.25, 0.3) is 10.1 Å². The third kappa shape index (κ3) is 1.29. The maximum Gasteiger partial charge on any atom is 0.101 e. The first-order valence-electron chi connectivity index (χ1n) is 3.28. The normalized spacial score (nSPS) is 8.92. The van der Waals surface area contributed by atoms with Gasteiger partial charge in [-0.1, -0.05) is 18.2 Å². The zero-order valence-electron chi connectivity index (χ0n) is 6.15. The molecule has 0 bridgehead atoms. The number of nitriles is 1. The largest absolute Gasteiger partial charge is 0.192 e. The number of hydrogen-bond donors (Lipinski definition) is 0. The fourth-order valence-corrected chi connectivity index (χ4v) is 1.95. The molecule has 60 valence electrons. The number of hydrogen-bond acceptors (Lipinski definition) is 2. The first kappa shape index (κ1) is 9.05. The summed E-state index contributed by atoms with van der Waals surface area (Å²) < 4.78 is 1.18. The van der Waals surface area contributed by atoms with Gasteiger partial charge in [-0.05, 0) is 6.07 Å². The molecule has 2 rings (SSSR count). The van der Waals surface area contributed by atoms with E-state index in [1.165, 1.54) is 4.70 Å². The molecule has 1 heterocycles. The van der Waals surface area contributed by atoms with Crippen LogP contribution in [0.3, 0.4) is 0 Å². The Morgan fingerprint density at radius 1 is 1.25 bits per heavy atom. The zero-order chi connectivity index (χ0) is 7.68. The highest BCUT2D eigenvalue weighted by Gasteiger charge is 1.99. The van der Waals surface area contributed by atoms with Gasteiger partial charge in [-0.25, -0.2) is 0 Å². The van der Waals surface area contributed by atoms with E-state index in [1.54, 1.807) is 11.3 Å². The number of benzene rings is 1. The van der Waals surface area contributed by atoms with Crippen molar-refractivity contribution in [3.8, 4) is 6.07 Å². The predicted octanol–water partition coefficient (Wildman–Crippen LogP) is 3.19. The van der Waals surface area contributed by atoms with Gasteiger partial charge in [0.05, 0.1) is 5.56 Å². The van der Waals surface area contributed by atoms with Crippen LogP contribution in [0.5, 0.6) is 0 Å². The molecule has 0 aliphatic rings. The predicted molar refractivity (Wildman–Crippen MR) is 53.8 cm³/mol. The molecule has 0 atom stereocenters. The summed E-state index contributed by atoms with van der Waals surface area (Å²) in [6.45, 7) is 0. The van der Waals surface area contributed by atoms with E-state index in [1.807, 2.05) is 29.6 Å². The lowest BCUT2D eigenvalue weighted by atomic mass is 10.2. The molecule has 0 unspecified atom stereocenters. The summed E-state index contributed by atoms with van der Waals surface area (Å²) >= 11 is 1.62. The summed E-state index contributed by atoms with van der Waals surface area (Å²) in [6.07, 6.45) is 0. The fraction of sp³-hybridized carbons (Fsp3) is 0. The third-order valence-electron chi connectivity index (χ3n) is 1.60. The minimum atomic E-state index is 0. The minimum absolute atomic E-state index is 0. The molecule has 0 aliphatic heterocycles. The highest BCUT2D eigenvalue weighted by Crippen LogP contribution is 2.24. The second-order valence-electron chi connectivity index (χ2n) is 2.26. The van der Waals surface area contributed by atoms with Crippen LogP contribution < -0.4 is 0 Å². The van der Waals surface area contributed by atoms with Crippen molar-refractivity contribution in [2.24, 2.45) is 0 Å². The SMILES string of the molecule is Cl.N#Cc1csc2ccccc12. The second-order valence-corrected chi connectivity index (χ2v) is 3.17. The molecular formula is C9H6ClNS. The summed E-state index contributed by atoms with van der Waals surface area (Å²) in [5, 5.41) is 11.6. The Morgan fingerprint density at radius 3 is 2.75 bits per heavy atom. The first-order chi connectivity index (χ1) is 5.42. The lowest BCUT2D eigenvalue weighted by Gasteiger charge is -1.85. The number of halogens is 1. The Hall–Kier alpha value is -1.04. The minimum Gasteiger partial charge on any atom is -0.192 e. The van der Waals surface area contributed by atoms with Crippen LogP contribution in [-0.2, 0) is 0 Å². The van der Waals surface area contributed by atoms with Crippen molar-refractivity contribution in [1.29, 1.82) is 5.26 Å². The summed E-state index contributed by atoms with van der Waals surface area (Å²) in [5.41, 5.74) is 0.783. The van der Waals surface area contributed by atoms with Crippen molar-refractivity contribution >= 4 is 33.8 Å². The molecule has 0 amide bonds. The van der Waals surface area contributed by atoms with Gasteiger partial charge in [0.1, 0.15) is 6.07 Å². The third-order valence-corrected chi connectivity index (χ3v) is 2.56. The van der Waals surface area contributed by atoms with Gasteiger partial charge in [-0.3, -0.25) is 0 Å². The first-order valence-corrected chi connectivity index (χ1v) is 4.16. The standard InChI is InChI=1S/C9H5NS.ClH/c10-5-7-6-11-9-4-2-1-3-8(7)9;/h1-4,6H;1H. The smallest absolute Gasteiger partial charge is 0.101 e. The molecule has 2 aromatic rings. The van der Waals surface area contributed by atoms with E-state index >= 15 is 0 Å². The molecule has 0 saturated carbocycles. The fourth-order valence-electron chi connectivity index (χ4n) is 1.06. The maximum atomic E-state index is 8.68. The van der Waals surface area contributed by atoms with Crippen LogP contribution >= 0.6 is 23.7 Å². The van der Waals surface area contributed by atoms with Gasteiger partial charge in [-0.2, -0.15) is 5.26 Å². The Balaban J connectivity index is 0.000000720. The van der Waals surface area contributed by atoms with E-state index in [-0.39, 0.29) is 12.4 Å². The summed E-state index contributed by atoms with van der Waals surface area (Å²) in [6, 6.07) is 10.1. The van der Waals surface area contributed by atoms with Gasteiger partial charge < -0.3 is 0 Å². The quantitative estimate of drug-likeness (QED) is 0.634. The monoisotopic (exact) mass is 195 g/mol. The average molecular weight is 196 g/mol. The molecule has 0 spiro atoms. The van der Waals surface area contributed by atoms with Crippen molar-refractivity contribution in [2.75, 3.05) is 0 Å². The van der Waals surface area contributed by atoms with Gasteiger partial charge in [0, 0.05) is 15.5 Å². The number of thiophene rings is 1. The average Bonchev–Trinajstić information content (AvgIpc) is 2.47. The van der Waals surface area contributed by atoms with Gasteiger partial charge in [-0.15, -0.1) is 23.7 Å². The number of nitrogens with zero attached hydrogens (tertiary/aromatic N) is 1. The lowest BCUT2D eigenvalue weighted by Crippen LogP contribution is -1.66. The van der Waals surface area contributed by atoms with E-state index < -0.39 is 0 Å². The molecule has 1 aromatic heterocycles. The van der Waals surface area contributed by atoms with Crippen LogP contribution in [0.4, 0.5) is 0 Å². The highest BCUT2D eigenvalue weighted by atomic mass is 35.5. The maximum absolute atomic E-state index is 8.68. The van der Waals surface area contributed by atoms with Gasteiger partial charge >= 0.3 is 0 Å². The Kier molecular flexibility index (Phi) is 2.69. The molecule has 0 fully saturated rings. The molecule has 1 aromatic carbocycles. The van der Waals surface area contributed by atoms with E-state index in [0.29, 0.717) is 0 Å². The van der Waals surface area contributed by atoms with Crippen LogP contribution in [0.2, 0.25) is 0 Å². The highest BCUT2D eigenvalue weighted by molar-refractivity contribution is 7.17. The van der Waals surface area contributed by atoms with Crippen molar-refractivity contribution in [2.45, 2.75) is 0 Å². The molecular weight excluding hydrogens is 190 g/mol. The Labute approximate surface area is 80.7 Å². The van der Waals surface area contributed by atoms with E-state index in [4.69, 9.17) is 5.26 Å². The Morgan fingerprint density at radius 2 is 2.00 bits per heavy atom. The summed E-state index contributed by atoms with van der Waals surface area (Å²) in [7, 11) is 0. The topological polar surface area (TPSA) is 23.8 Å². The summed E-state index contributed by atoms with van der Waals surface area (Å²) in [5.74, 6) is 0. The van der Waals surface area contributed by atoms with E-state index in [0.717, 1.165) is 10.9 Å². The number of rotatable bonds is 0. The van der Waals surface area contributed by atoms with Crippen LogP contribution in [-0.4, -0.2) is 0 Å². The molecule has 3 heteroatoms. The van der Waals surface area contributed by atoms with Crippen LogP contribution in [0.1, 0.15) is 5.56 Å². The Bertz CT molecular complexity index is 427. The van der Waals surface area contributed by atoms with Crippen LogP contribution in [0, 0.1) is 11.3 Å². The summed E-state index contributed by atoms with van der Waals surface area (Å²) in [4.78, 5) is 0. The van der Waals surface area contributed by atoms with E-state index in [2.05, 4.69) is 6.07 Å². The molecule has 0 N–H and O–H groups in total. The van der Waals surface area contributed by atoms with Crippen molar-refractivity contribution in [3.63, 3.8) is 0 Å². The molecule has 0 radical (unpaired) electrons. The molecule has 12 heavy (non-hydrogen) atoms. The van der Waals surface area contributed by atoms with Crippen molar-refractivity contribution in [3.05, 3.63) is 35.2 Å². The van der Waals surface area contributed by atoms with Crippen molar-refractivity contribution in [1.82, 2.24) is 0 Å². The van der Waals surface area contributed by atoms with Gasteiger partial charge in [0.2, 0.25) is 0 Å². The molecule has 1 nitrogen and oxygen atoms in total. The van der Waals surface area contributed by atoms with Gasteiger partial charge in [0.15, 0.2) is 0 Å². The second kappa shape index (κ2) is 3.57. The van der Waals surface area contributed by atoms with Crippen LogP contribution in [0.15, 0.2) is 29.6 Å².